The van der Waals surface area contributed by atoms with E-state index in [2.05, 4.69) is 74.8 Å². The van der Waals surface area contributed by atoms with E-state index in [1.807, 2.05) is 11.3 Å². The number of hydrogen-bond acceptors (Lipinski definition) is 3. The fraction of sp³-hybridized carbons (Fsp3) is 0.500. The van der Waals surface area contributed by atoms with Gasteiger partial charge in [-0.25, -0.2) is 0 Å². The zero-order valence-corrected chi connectivity index (χ0v) is 34.9. The molecule has 3 heterocycles. The first-order chi connectivity index (χ1) is 27.2. The number of benzene rings is 3. The molecule has 0 fully saturated rings. The van der Waals surface area contributed by atoms with Gasteiger partial charge in [-0.2, -0.15) is 0 Å². The van der Waals surface area contributed by atoms with Crippen molar-refractivity contribution in [3.05, 3.63) is 92.9 Å². The highest BCUT2D eigenvalue weighted by Crippen LogP contribution is 2.52. The van der Waals surface area contributed by atoms with Crippen LogP contribution in [-0.2, 0) is 25.7 Å². The van der Waals surface area contributed by atoms with Gasteiger partial charge in [0.05, 0.1) is 11.4 Å². The fourth-order valence-electron chi connectivity index (χ4n) is 9.83. The van der Waals surface area contributed by atoms with E-state index in [0.29, 0.717) is 0 Å². The number of thiophene rings is 1. The predicted molar refractivity (Wildman–Crippen MR) is 240 cm³/mol. The molecule has 8 rings (SSSR count). The van der Waals surface area contributed by atoms with E-state index in [4.69, 9.17) is 9.97 Å². The minimum atomic E-state index is 0.974. The molecule has 0 atom stereocenters. The van der Waals surface area contributed by atoms with Gasteiger partial charge in [-0.05, 0) is 70.8 Å². The van der Waals surface area contributed by atoms with Crippen LogP contribution in [0.1, 0.15) is 174 Å². The Morgan fingerprint density at radius 2 is 0.836 bits per heavy atom. The molecule has 0 aliphatic heterocycles. The molecule has 2 aliphatic rings. The summed E-state index contributed by atoms with van der Waals surface area (Å²) in [6, 6.07) is 19.2. The van der Waals surface area contributed by atoms with Crippen molar-refractivity contribution in [1.82, 2.24) is 9.97 Å². The summed E-state index contributed by atoms with van der Waals surface area (Å²) in [4.78, 5) is 13.4. The molecular formula is C52H64N2S. The van der Waals surface area contributed by atoms with Gasteiger partial charge >= 0.3 is 0 Å². The summed E-state index contributed by atoms with van der Waals surface area (Å²) in [7, 11) is 0. The lowest BCUT2D eigenvalue weighted by Gasteiger charge is -2.22. The van der Waals surface area contributed by atoms with Crippen molar-refractivity contribution in [3.63, 3.8) is 0 Å². The van der Waals surface area contributed by atoms with E-state index in [0.717, 1.165) is 12.8 Å². The lowest BCUT2D eigenvalue weighted by molar-refractivity contribution is 0.556. The Hall–Kier alpha value is -3.56. The van der Waals surface area contributed by atoms with Crippen LogP contribution in [0.4, 0.5) is 0 Å². The molecule has 0 amide bonds. The minimum Gasteiger partial charge on any atom is -0.255 e. The van der Waals surface area contributed by atoms with Gasteiger partial charge in [0.1, 0.15) is 0 Å². The molecule has 0 saturated heterocycles. The van der Waals surface area contributed by atoms with Gasteiger partial charge < -0.3 is 0 Å². The number of hydrogen-bond donors (Lipinski definition) is 0. The Balaban J connectivity index is 0.915. The summed E-state index contributed by atoms with van der Waals surface area (Å²) in [6.07, 6.45) is 36.3. The number of unbranched alkanes of at least 4 members (excludes halogenated alkanes) is 18. The minimum absolute atomic E-state index is 0.974. The Morgan fingerprint density at radius 3 is 1.24 bits per heavy atom. The largest absolute Gasteiger partial charge is 0.255 e. The smallest absolute Gasteiger partial charge is 0.0750 e. The second-order valence-corrected chi connectivity index (χ2v) is 18.3. The molecule has 0 radical (unpaired) electrons. The zero-order valence-electron chi connectivity index (χ0n) is 34.0. The molecule has 6 aromatic rings. The second-order valence-electron chi connectivity index (χ2n) is 17.1. The first-order valence-electron chi connectivity index (χ1n) is 22.6. The number of pyridine rings is 2. The standard InChI is InChI=1S/C52H64N2S/c1-3-5-7-9-11-13-15-17-19-21-23-37-25-27-41-39(31-37)35-53-51-43-29-30-44-50-48(55-47(49(43)50)33-45(41)51)34-46-42-28-26-38(32-40(42)36-54-52(44)46)24-22-20-18-16-14-12-10-8-6-4-2/h25-32,35-36H,3-24,33-34H2,1-2H3. The van der Waals surface area contributed by atoms with E-state index >= 15 is 0 Å². The highest BCUT2D eigenvalue weighted by atomic mass is 32.1. The van der Waals surface area contributed by atoms with Crippen molar-refractivity contribution in [2.45, 2.75) is 168 Å². The molecular weight excluding hydrogens is 685 g/mol. The summed E-state index contributed by atoms with van der Waals surface area (Å²) in [5, 5.41) is 8.25. The van der Waals surface area contributed by atoms with Crippen molar-refractivity contribution in [1.29, 1.82) is 0 Å². The summed E-state index contributed by atoms with van der Waals surface area (Å²) < 4.78 is 0. The Bertz CT molecular complexity index is 2070. The highest BCUT2D eigenvalue weighted by molar-refractivity contribution is 7.14. The summed E-state index contributed by atoms with van der Waals surface area (Å²) in [5.74, 6) is 0. The third kappa shape index (κ3) is 8.58. The van der Waals surface area contributed by atoms with E-state index in [9.17, 15) is 0 Å². The molecule has 288 valence electrons. The number of fused-ring (bicyclic) bond motifs is 8. The Labute approximate surface area is 335 Å². The summed E-state index contributed by atoms with van der Waals surface area (Å²) >= 11 is 2.05. The van der Waals surface area contributed by atoms with Crippen molar-refractivity contribution in [2.24, 2.45) is 0 Å². The maximum atomic E-state index is 5.19. The third-order valence-electron chi connectivity index (χ3n) is 13.0. The Morgan fingerprint density at radius 1 is 0.455 bits per heavy atom. The molecule has 2 nitrogen and oxygen atoms in total. The van der Waals surface area contributed by atoms with Crippen molar-refractivity contribution in [3.8, 4) is 22.5 Å². The first kappa shape index (κ1) is 38.3. The quantitative estimate of drug-likeness (QED) is 0.0645. The van der Waals surface area contributed by atoms with E-state index in [-0.39, 0.29) is 0 Å². The topological polar surface area (TPSA) is 25.8 Å². The molecule has 3 heteroatoms. The van der Waals surface area contributed by atoms with Crippen LogP contribution in [0.2, 0.25) is 0 Å². The number of aromatic nitrogens is 2. The monoisotopic (exact) mass is 748 g/mol. The SMILES string of the molecule is CCCCCCCCCCCCc1ccc2c3c(ncc2c1)-c1ccc2c4c(sc(c14)C3)Cc1c-2ncc2cc(CCCCCCCCCCCC)ccc12. The van der Waals surface area contributed by atoms with E-state index in [1.165, 1.54) is 228 Å². The van der Waals surface area contributed by atoms with Crippen molar-refractivity contribution in [2.75, 3.05) is 0 Å². The molecule has 0 N–H and O–H groups in total. The van der Waals surface area contributed by atoms with Gasteiger partial charge in [0.25, 0.3) is 0 Å². The maximum absolute atomic E-state index is 5.19. The molecule has 55 heavy (non-hydrogen) atoms. The number of aryl methyl sites for hydroxylation is 2. The van der Waals surface area contributed by atoms with Crippen LogP contribution in [0.5, 0.6) is 0 Å². The van der Waals surface area contributed by atoms with Crippen LogP contribution < -0.4 is 0 Å². The van der Waals surface area contributed by atoms with Crippen molar-refractivity contribution >= 4 is 43.7 Å². The van der Waals surface area contributed by atoms with Crippen LogP contribution in [0, 0.1) is 0 Å². The van der Waals surface area contributed by atoms with Gasteiger partial charge in [0.15, 0.2) is 0 Å². The van der Waals surface area contributed by atoms with Crippen LogP contribution in [0.15, 0.2) is 60.9 Å². The van der Waals surface area contributed by atoms with Gasteiger partial charge in [-0.15, -0.1) is 11.3 Å². The molecule has 0 bridgehead atoms. The number of rotatable bonds is 22. The molecule has 0 unspecified atom stereocenters. The van der Waals surface area contributed by atoms with Crippen molar-refractivity contribution < 1.29 is 0 Å². The fourth-order valence-corrected chi connectivity index (χ4v) is 11.2. The Kier molecular flexibility index (Phi) is 13.0. The summed E-state index contributed by atoms with van der Waals surface area (Å²) in [5.41, 5.74) is 10.7. The van der Waals surface area contributed by atoms with E-state index < -0.39 is 0 Å². The van der Waals surface area contributed by atoms with Crippen LogP contribution >= 0.6 is 11.3 Å². The van der Waals surface area contributed by atoms with E-state index in [1.54, 1.807) is 0 Å². The van der Waals surface area contributed by atoms with Gasteiger partial charge in [-0.3, -0.25) is 9.97 Å². The molecule has 3 aromatic heterocycles. The molecule has 2 aliphatic carbocycles. The molecule has 3 aromatic carbocycles. The van der Waals surface area contributed by atoms with Crippen LogP contribution in [0.25, 0.3) is 54.8 Å². The lowest BCUT2D eigenvalue weighted by Crippen LogP contribution is -2.04. The normalized spacial score (nSPS) is 12.9. The van der Waals surface area contributed by atoms with Gasteiger partial charge in [-0.1, -0.05) is 166 Å². The van der Waals surface area contributed by atoms with Gasteiger partial charge in [0.2, 0.25) is 0 Å². The molecule has 0 spiro atoms. The molecule has 0 saturated carbocycles. The van der Waals surface area contributed by atoms with Crippen LogP contribution in [0.3, 0.4) is 0 Å². The maximum Gasteiger partial charge on any atom is 0.0750 e. The predicted octanol–water partition coefficient (Wildman–Crippen LogP) is 16.1. The average Bonchev–Trinajstić information content (AvgIpc) is 3.58. The average molecular weight is 749 g/mol. The third-order valence-corrected chi connectivity index (χ3v) is 14.1. The second kappa shape index (κ2) is 18.6. The number of nitrogens with zero attached hydrogens (tertiary/aromatic N) is 2. The summed E-state index contributed by atoms with van der Waals surface area (Å²) in [6.45, 7) is 4.60. The zero-order chi connectivity index (χ0) is 37.4. The lowest BCUT2D eigenvalue weighted by atomic mass is 9.83. The first-order valence-corrected chi connectivity index (χ1v) is 23.4. The highest BCUT2D eigenvalue weighted by Gasteiger charge is 2.31. The van der Waals surface area contributed by atoms with Gasteiger partial charge in [0, 0.05) is 67.7 Å². The van der Waals surface area contributed by atoms with Crippen LogP contribution in [-0.4, -0.2) is 9.97 Å².